The molecule has 2 rings (SSSR count). The van der Waals surface area contributed by atoms with E-state index in [0.29, 0.717) is 24.2 Å². The number of nitrogens with one attached hydrogen (secondary N) is 1. The molecule has 0 bridgehead atoms. The maximum absolute atomic E-state index is 13.7. The monoisotopic (exact) mass is 314 g/mol. The summed E-state index contributed by atoms with van der Waals surface area (Å²) in [6, 6.07) is 5.58. The summed E-state index contributed by atoms with van der Waals surface area (Å²) < 4.78 is 13.7. The van der Waals surface area contributed by atoms with Gasteiger partial charge in [0.25, 0.3) is 0 Å². The van der Waals surface area contributed by atoms with Gasteiger partial charge in [0.1, 0.15) is 5.82 Å². The Morgan fingerprint density at radius 2 is 2.24 bits per heavy atom. The van der Waals surface area contributed by atoms with Crippen LogP contribution < -0.4 is 5.32 Å². The van der Waals surface area contributed by atoms with Crippen molar-refractivity contribution in [2.45, 2.75) is 38.4 Å². The van der Waals surface area contributed by atoms with Crippen LogP contribution in [0.2, 0.25) is 5.02 Å². The van der Waals surface area contributed by atoms with Crippen LogP contribution in [0.4, 0.5) is 4.39 Å². The van der Waals surface area contributed by atoms with Gasteiger partial charge >= 0.3 is 5.97 Å². The zero-order valence-electron chi connectivity index (χ0n) is 12.0. The van der Waals surface area contributed by atoms with Crippen molar-refractivity contribution in [3.63, 3.8) is 0 Å². The largest absolute Gasteiger partial charge is 0.480 e. The van der Waals surface area contributed by atoms with Crippen molar-refractivity contribution in [2.75, 3.05) is 13.1 Å². The summed E-state index contributed by atoms with van der Waals surface area (Å²) in [7, 11) is 0. The number of rotatable bonds is 7. The lowest BCUT2D eigenvalue weighted by Crippen LogP contribution is -2.53. The van der Waals surface area contributed by atoms with Gasteiger partial charge in [-0.3, -0.25) is 9.69 Å². The zero-order valence-corrected chi connectivity index (χ0v) is 12.7. The molecule has 0 amide bonds. The summed E-state index contributed by atoms with van der Waals surface area (Å²) in [5.41, 5.74) is 0.559. The minimum atomic E-state index is -0.797. The SMILES string of the molecule is CCN(CC(=O)O)C1CC(NCc2cccc(Cl)c2F)C1. The van der Waals surface area contributed by atoms with E-state index in [1.807, 2.05) is 11.8 Å². The quantitative estimate of drug-likeness (QED) is 0.812. The van der Waals surface area contributed by atoms with Gasteiger partial charge in [0.2, 0.25) is 0 Å². The minimum Gasteiger partial charge on any atom is -0.480 e. The second kappa shape index (κ2) is 7.20. The van der Waals surface area contributed by atoms with Crippen molar-refractivity contribution in [1.82, 2.24) is 10.2 Å². The van der Waals surface area contributed by atoms with Crippen molar-refractivity contribution in [1.29, 1.82) is 0 Å². The Balaban J connectivity index is 1.78. The van der Waals surface area contributed by atoms with Crippen LogP contribution in [0.15, 0.2) is 18.2 Å². The molecule has 0 radical (unpaired) electrons. The zero-order chi connectivity index (χ0) is 15.4. The number of likely N-dealkylation sites (N-methyl/N-ethyl adjacent to an activating group) is 1. The van der Waals surface area contributed by atoms with Crippen molar-refractivity contribution >= 4 is 17.6 Å². The molecule has 0 aliphatic heterocycles. The Morgan fingerprint density at radius 3 is 2.86 bits per heavy atom. The van der Waals surface area contributed by atoms with E-state index >= 15 is 0 Å². The molecule has 4 nitrogen and oxygen atoms in total. The Labute approximate surface area is 128 Å². The standard InChI is InChI=1S/C15H20ClFN2O2/c1-2-19(9-14(20)21)12-6-11(7-12)18-8-10-4-3-5-13(16)15(10)17/h3-5,11-12,18H,2,6-9H2,1H3,(H,20,21). The second-order valence-electron chi connectivity index (χ2n) is 5.37. The predicted molar refractivity (Wildman–Crippen MR) is 79.9 cm³/mol. The number of halogens is 2. The van der Waals surface area contributed by atoms with E-state index in [9.17, 15) is 9.18 Å². The van der Waals surface area contributed by atoms with Crippen LogP contribution >= 0.6 is 11.6 Å². The summed E-state index contributed by atoms with van der Waals surface area (Å²) in [6.45, 7) is 3.21. The molecule has 1 aliphatic rings. The molecular formula is C15H20ClFN2O2. The van der Waals surface area contributed by atoms with Gasteiger partial charge in [0, 0.05) is 24.2 Å². The molecule has 2 N–H and O–H groups in total. The molecule has 0 unspecified atom stereocenters. The molecule has 1 fully saturated rings. The first kappa shape index (κ1) is 16.2. The van der Waals surface area contributed by atoms with Gasteiger partial charge in [-0.05, 0) is 25.5 Å². The maximum Gasteiger partial charge on any atom is 0.317 e. The topological polar surface area (TPSA) is 52.6 Å². The van der Waals surface area contributed by atoms with Gasteiger partial charge < -0.3 is 10.4 Å². The Hall–Kier alpha value is -1.17. The highest BCUT2D eigenvalue weighted by atomic mass is 35.5. The summed E-state index contributed by atoms with van der Waals surface area (Å²) in [5.74, 6) is -1.17. The molecule has 1 aromatic carbocycles. The third kappa shape index (κ3) is 4.15. The van der Waals surface area contributed by atoms with Crippen molar-refractivity contribution < 1.29 is 14.3 Å². The maximum atomic E-state index is 13.7. The van der Waals surface area contributed by atoms with E-state index in [2.05, 4.69) is 5.32 Å². The van der Waals surface area contributed by atoms with Crippen LogP contribution in [0.5, 0.6) is 0 Å². The molecule has 0 saturated heterocycles. The smallest absolute Gasteiger partial charge is 0.317 e. The lowest BCUT2D eigenvalue weighted by molar-refractivity contribution is -0.139. The minimum absolute atomic E-state index is 0.0802. The Morgan fingerprint density at radius 1 is 1.52 bits per heavy atom. The molecule has 116 valence electrons. The normalized spacial score (nSPS) is 21.3. The van der Waals surface area contributed by atoms with Gasteiger partial charge in [-0.1, -0.05) is 30.7 Å². The van der Waals surface area contributed by atoms with Crippen LogP contribution in [0.3, 0.4) is 0 Å². The van der Waals surface area contributed by atoms with Crippen LogP contribution in [0.25, 0.3) is 0 Å². The average molecular weight is 315 g/mol. The molecule has 0 atom stereocenters. The summed E-state index contributed by atoms with van der Waals surface area (Å²) in [4.78, 5) is 12.7. The molecule has 1 saturated carbocycles. The van der Waals surface area contributed by atoms with E-state index in [1.165, 1.54) is 6.07 Å². The predicted octanol–water partition coefficient (Wildman–Crippen LogP) is 2.51. The number of carboxylic acids is 1. The molecule has 1 aliphatic carbocycles. The number of hydrogen-bond acceptors (Lipinski definition) is 3. The molecular weight excluding hydrogens is 295 g/mol. The molecule has 6 heteroatoms. The Kier molecular flexibility index (Phi) is 5.56. The first-order valence-electron chi connectivity index (χ1n) is 7.13. The fourth-order valence-corrected chi connectivity index (χ4v) is 2.86. The van der Waals surface area contributed by atoms with Gasteiger partial charge in [0.05, 0.1) is 11.6 Å². The van der Waals surface area contributed by atoms with Gasteiger partial charge in [-0.2, -0.15) is 0 Å². The summed E-state index contributed by atoms with van der Waals surface area (Å²) >= 11 is 5.74. The van der Waals surface area contributed by atoms with Crippen LogP contribution in [-0.4, -0.2) is 41.1 Å². The molecule has 0 heterocycles. The van der Waals surface area contributed by atoms with E-state index in [0.717, 1.165) is 19.4 Å². The van der Waals surface area contributed by atoms with Crippen molar-refractivity contribution in [3.8, 4) is 0 Å². The third-order valence-electron chi connectivity index (χ3n) is 3.99. The van der Waals surface area contributed by atoms with Crippen molar-refractivity contribution in [2.24, 2.45) is 0 Å². The Bertz CT molecular complexity index is 506. The van der Waals surface area contributed by atoms with E-state index in [4.69, 9.17) is 16.7 Å². The highest BCUT2D eigenvalue weighted by Crippen LogP contribution is 2.26. The number of aliphatic carboxylic acids is 1. The van der Waals surface area contributed by atoms with E-state index < -0.39 is 5.97 Å². The molecule has 21 heavy (non-hydrogen) atoms. The highest BCUT2D eigenvalue weighted by molar-refractivity contribution is 6.30. The number of carboxylic acid groups (broad SMARTS) is 1. The number of nitrogens with zero attached hydrogens (tertiary/aromatic N) is 1. The van der Waals surface area contributed by atoms with E-state index in [-0.39, 0.29) is 17.4 Å². The summed E-state index contributed by atoms with van der Waals surface area (Å²) in [6.07, 6.45) is 1.78. The fourth-order valence-electron chi connectivity index (χ4n) is 2.66. The fraction of sp³-hybridized carbons (Fsp3) is 0.533. The van der Waals surface area contributed by atoms with Crippen LogP contribution in [-0.2, 0) is 11.3 Å². The second-order valence-corrected chi connectivity index (χ2v) is 5.78. The van der Waals surface area contributed by atoms with Crippen molar-refractivity contribution in [3.05, 3.63) is 34.6 Å². The highest BCUT2D eigenvalue weighted by Gasteiger charge is 2.33. The number of carbonyl (C=O) groups is 1. The van der Waals surface area contributed by atoms with Gasteiger partial charge in [-0.15, -0.1) is 0 Å². The van der Waals surface area contributed by atoms with Gasteiger partial charge in [-0.25, -0.2) is 4.39 Å². The third-order valence-corrected chi connectivity index (χ3v) is 4.28. The lowest BCUT2D eigenvalue weighted by Gasteiger charge is -2.42. The first-order valence-corrected chi connectivity index (χ1v) is 7.51. The number of hydrogen-bond donors (Lipinski definition) is 2. The molecule has 0 spiro atoms. The lowest BCUT2D eigenvalue weighted by atomic mass is 9.85. The number of benzene rings is 1. The average Bonchev–Trinajstić information content (AvgIpc) is 2.39. The molecule has 1 aromatic rings. The molecule has 0 aromatic heterocycles. The summed E-state index contributed by atoms with van der Waals surface area (Å²) in [5, 5.41) is 12.3. The van der Waals surface area contributed by atoms with Gasteiger partial charge in [0.15, 0.2) is 0 Å². The van der Waals surface area contributed by atoms with Crippen LogP contribution in [0.1, 0.15) is 25.3 Å². The van der Waals surface area contributed by atoms with E-state index in [1.54, 1.807) is 12.1 Å². The first-order chi connectivity index (χ1) is 10.0. The van der Waals surface area contributed by atoms with Crippen LogP contribution in [0, 0.1) is 5.82 Å².